The Balaban J connectivity index is 1.94. The molecule has 0 fully saturated rings. The molecular weight excluding hydrogens is 447 g/mol. The third-order valence-corrected chi connectivity index (χ3v) is 5.63. The Hall–Kier alpha value is -2.12. The maximum absolute atomic E-state index is 12.7. The van der Waals surface area contributed by atoms with Crippen molar-refractivity contribution in [2.45, 2.75) is 13.8 Å². The first-order chi connectivity index (χ1) is 13.9. The van der Waals surface area contributed by atoms with Crippen LogP contribution in [0.1, 0.15) is 22.2 Å². The van der Waals surface area contributed by atoms with Crippen molar-refractivity contribution in [2.75, 3.05) is 17.2 Å². The fraction of sp³-hybridized carbons (Fsp3) is 0.143. The average molecular weight is 465 g/mol. The third kappa shape index (κ3) is 5.28. The van der Waals surface area contributed by atoms with Crippen LogP contribution in [0.25, 0.3) is 11.1 Å². The van der Waals surface area contributed by atoms with Crippen LogP contribution in [-0.2, 0) is 4.74 Å². The number of hydrogen-bond donors (Lipinski definition) is 2. The summed E-state index contributed by atoms with van der Waals surface area (Å²) in [6, 6.07) is 14.8. The molecular formula is C21H18Cl2N2O2S2. The molecule has 1 aromatic heterocycles. The molecule has 0 aliphatic rings. The summed E-state index contributed by atoms with van der Waals surface area (Å²) in [6.07, 6.45) is 0. The number of thiophene rings is 1. The Bertz CT molecular complexity index is 1030. The van der Waals surface area contributed by atoms with Gasteiger partial charge in [0, 0.05) is 26.2 Å². The molecule has 0 aliphatic carbocycles. The molecule has 0 unspecified atom stereocenters. The molecule has 4 nitrogen and oxygen atoms in total. The van der Waals surface area contributed by atoms with Crippen LogP contribution >= 0.6 is 46.8 Å². The second-order valence-corrected chi connectivity index (χ2v) is 8.57. The number of thiocarbonyl (C=S) groups is 1. The van der Waals surface area contributed by atoms with Gasteiger partial charge in [0.25, 0.3) is 0 Å². The highest BCUT2D eigenvalue weighted by molar-refractivity contribution is 7.80. The predicted molar refractivity (Wildman–Crippen MR) is 127 cm³/mol. The number of carbonyl (C=O) groups is 1. The molecule has 8 heteroatoms. The molecule has 0 saturated heterocycles. The minimum atomic E-state index is -0.396. The Kier molecular flexibility index (Phi) is 7.14. The summed E-state index contributed by atoms with van der Waals surface area (Å²) in [6.45, 7) is 4.03. The van der Waals surface area contributed by atoms with Gasteiger partial charge in [-0.05, 0) is 49.8 Å². The topological polar surface area (TPSA) is 50.4 Å². The van der Waals surface area contributed by atoms with E-state index < -0.39 is 5.97 Å². The Labute approximate surface area is 188 Å². The van der Waals surface area contributed by atoms with E-state index in [-0.39, 0.29) is 6.61 Å². The molecule has 29 heavy (non-hydrogen) atoms. The Morgan fingerprint density at radius 1 is 1.10 bits per heavy atom. The lowest BCUT2D eigenvalue weighted by molar-refractivity contribution is 0.0529. The highest BCUT2D eigenvalue weighted by atomic mass is 35.5. The quantitative estimate of drug-likeness (QED) is 0.313. The van der Waals surface area contributed by atoms with Crippen LogP contribution in [0.4, 0.5) is 10.7 Å². The van der Waals surface area contributed by atoms with Gasteiger partial charge in [-0.15, -0.1) is 11.3 Å². The lowest BCUT2D eigenvalue weighted by Crippen LogP contribution is -2.20. The zero-order valence-electron chi connectivity index (χ0n) is 15.7. The standard InChI is InChI=1S/C21H18Cl2N2O2S2/c1-3-27-20(26)18-17(13-7-5-4-6-8-13)12(2)29-19(18)25-21(28)24-16-10-14(22)9-15(23)11-16/h4-11H,3H2,1-2H3,(H2,24,25,28). The fourth-order valence-corrected chi connectivity index (χ4v) is 4.75. The molecule has 1 heterocycles. The Morgan fingerprint density at radius 2 is 1.76 bits per heavy atom. The van der Waals surface area contributed by atoms with Crippen molar-refractivity contribution in [1.29, 1.82) is 0 Å². The van der Waals surface area contributed by atoms with E-state index >= 15 is 0 Å². The number of benzene rings is 2. The first-order valence-electron chi connectivity index (χ1n) is 8.79. The van der Waals surface area contributed by atoms with Crippen LogP contribution in [0, 0.1) is 6.92 Å². The summed E-state index contributed by atoms with van der Waals surface area (Å²) < 4.78 is 5.30. The second-order valence-electron chi connectivity index (χ2n) is 6.06. The number of anilines is 2. The predicted octanol–water partition coefficient (Wildman–Crippen LogP) is 7.02. The van der Waals surface area contributed by atoms with Gasteiger partial charge in [-0.2, -0.15) is 0 Å². The van der Waals surface area contributed by atoms with Crippen LogP contribution in [0.5, 0.6) is 0 Å². The number of ether oxygens (including phenoxy) is 1. The van der Waals surface area contributed by atoms with E-state index in [9.17, 15) is 4.79 Å². The monoisotopic (exact) mass is 464 g/mol. The molecule has 3 aromatic rings. The minimum Gasteiger partial charge on any atom is -0.462 e. The van der Waals surface area contributed by atoms with Crippen molar-refractivity contribution in [2.24, 2.45) is 0 Å². The zero-order valence-corrected chi connectivity index (χ0v) is 18.9. The van der Waals surface area contributed by atoms with Crippen molar-refractivity contribution in [3.05, 3.63) is 69.0 Å². The fourth-order valence-electron chi connectivity index (χ4n) is 2.87. The third-order valence-electron chi connectivity index (χ3n) is 3.97. The van der Waals surface area contributed by atoms with Gasteiger partial charge in [0.1, 0.15) is 10.6 Å². The van der Waals surface area contributed by atoms with Crippen molar-refractivity contribution in [3.63, 3.8) is 0 Å². The Morgan fingerprint density at radius 3 is 2.38 bits per heavy atom. The molecule has 0 aliphatic heterocycles. The van der Waals surface area contributed by atoms with Gasteiger partial charge in [0.05, 0.1) is 6.61 Å². The molecule has 0 saturated carbocycles. The SMILES string of the molecule is CCOC(=O)c1c(NC(=S)Nc2cc(Cl)cc(Cl)c2)sc(C)c1-c1ccccc1. The van der Waals surface area contributed by atoms with Crippen LogP contribution < -0.4 is 10.6 Å². The van der Waals surface area contributed by atoms with E-state index in [1.807, 2.05) is 37.3 Å². The number of nitrogens with one attached hydrogen (secondary N) is 2. The maximum atomic E-state index is 12.7. The molecule has 3 rings (SSSR count). The summed E-state index contributed by atoms with van der Waals surface area (Å²) in [5, 5.41) is 8.08. The van der Waals surface area contributed by atoms with Crippen LogP contribution in [0.15, 0.2) is 48.5 Å². The summed E-state index contributed by atoms with van der Waals surface area (Å²) in [5.41, 5.74) is 2.89. The van der Waals surface area contributed by atoms with Crippen LogP contribution in [-0.4, -0.2) is 17.7 Å². The molecule has 2 aromatic carbocycles. The van der Waals surface area contributed by atoms with Gasteiger partial charge in [0.15, 0.2) is 5.11 Å². The number of rotatable bonds is 5. The van der Waals surface area contributed by atoms with Gasteiger partial charge >= 0.3 is 5.97 Å². The van der Waals surface area contributed by atoms with Gasteiger partial charge < -0.3 is 15.4 Å². The minimum absolute atomic E-state index is 0.283. The number of aryl methyl sites for hydroxylation is 1. The van der Waals surface area contributed by atoms with E-state index in [0.717, 1.165) is 16.0 Å². The van der Waals surface area contributed by atoms with Crippen LogP contribution in [0.2, 0.25) is 10.0 Å². The van der Waals surface area contributed by atoms with Gasteiger partial charge in [-0.25, -0.2) is 4.79 Å². The van der Waals surface area contributed by atoms with E-state index in [4.69, 9.17) is 40.2 Å². The van der Waals surface area contributed by atoms with Gasteiger partial charge in [-0.3, -0.25) is 0 Å². The van der Waals surface area contributed by atoms with Crippen LogP contribution in [0.3, 0.4) is 0 Å². The first-order valence-corrected chi connectivity index (χ1v) is 10.8. The summed E-state index contributed by atoms with van der Waals surface area (Å²) >= 11 is 19.0. The average Bonchev–Trinajstić information content (AvgIpc) is 2.97. The molecule has 0 bridgehead atoms. The van der Waals surface area contributed by atoms with E-state index in [2.05, 4.69) is 10.6 Å². The summed E-state index contributed by atoms with van der Waals surface area (Å²) in [4.78, 5) is 13.7. The first kappa shape index (κ1) is 21.6. The van der Waals surface area contributed by atoms with Crippen molar-refractivity contribution in [1.82, 2.24) is 0 Å². The lowest BCUT2D eigenvalue weighted by atomic mass is 10.0. The van der Waals surface area contributed by atoms with E-state index in [1.165, 1.54) is 11.3 Å². The highest BCUT2D eigenvalue weighted by Gasteiger charge is 2.24. The van der Waals surface area contributed by atoms with Crippen molar-refractivity contribution in [3.8, 4) is 11.1 Å². The maximum Gasteiger partial charge on any atom is 0.341 e. The summed E-state index contributed by atoms with van der Waals surface area (Å²) in [5.74, 6) is -0.396. The van der Waals surface area contributed by atoms with Crippen molar-refractivity contribution >= 4 is 68.5 Å². The van der Waals surface area contributed by atoms with Gasteiger partial charge in [0.2, 0.25) is 0 Å². The van der Waals surface area contributed by atoms with Gasteiger partial charge in [-0.1, -0.05) is 53.5 Å². The van der Waals surface area contributed by atoms with Crippen molar-refractivity contribution < 1.29 is 9.53 Å². The molecule has 0 spiro atoms. The molecule has 0 atom stereocenters. The van der Waals surface area contributed by atoms with E-state index in [0.29, 0.717) is 31.4 Å². The number of hydrogen-bond acceptors (Lipinski definition) is 4. The summed E-state index contributed by atoms with van der Waals surface area (Å²) in [7, 11) is 0. The molecule has 150 valence electrons. The highest BCUT2D eigenvalue weighted by Crippen LogP contribution is 2.40. The lowest BCUT2D eigenvalue weighted by Gasteiger charge is -2.12. The molecule has 2 N–H and O–H groups in total. The normalized spacial score (nSPS) is 10.5. The largest absolute Gasteiger partial charge is 0.462 e. The van der Waals surface area contributed by atoms with E-state index in [1.54, 1.807) is 25.1 Å². The molecule has 0 amide bonds. The number of esters is 1. The second kappa shape index (κ2) is 9.59. The smallest absolute Gasteiger partial charge is 0.341 e. The number of halogens is 2. The zero-order chi connectivity index (χ0) is 21.0. The number of carbonyl (C=O) groups excluding carboxylic acids is 1. The molecule has 0 radical (unpaired) electrons.